The van der Waals surface area contributed by atoms with Gasteiger partial charge in [-0.3, -0.25) is 9.59 Å². The Hall–Kier alpha value is -3.38. The van der Waals surface area contributed by atoms with Crippen LogP contribution in [0.3, 0.4) is 0 Å². The molecule has 2 amide bonds. The zero-order chi connectivity index (χ0) is 21.0. The molecule has 6 heteroatoms. The number of aromatic nitrogens is 1. The van der Waals surface area contributed by atoms with Crippen LogP contribution in [0.4, 0.5) is 5.69 Å². The second kappa shape index (κ2) is 6.82. The Bertz CT molecular complexity index is 1200. The molecule has 3 aliphatic rings. The van der Waals surface area contributed by atoms with Crippen LogP contribution in [-0.2, 0) is 20.7 Å². The van der Waals surface area contributed by atoms with Gasteiger partial charge in [0.1, 0.15) is 5.60 Å². The second-order valence-corrected chi connectivity index (χ2v) is 8.56. The molecule has 1 aromatic heterocycles. The summed E-state index contributed by atoms with van der Waals surface area (Å²) < 4.78 is 6.21. The number of carbonyl (C=O) groups excluding carboxylic acids is 2. The molecular weight excluding hydrogens is 390 g/mol. The SMILES string of the molecule is O=C(NCCc1c[nH]c2ccccc12)[C@@H]1[C@H]2C=C[C@@]3(CN(c4ccccc4)C(=O)[C@@H]13)O2. The van der Waals surface area contributed by atoms with Crippen LogP contribution in [0.15, 0.2) is 72.9 Å². The summed E-state index contributed by atoms with van der Waals surface area (Å²) in [5, 5.41) is 4.23. The number of amides is 2. The number of ether oxygens (including phenoxy) is 1. The van der Waals surface area contributed by atoms with Gasteiger partial charge in [-0.15, -0.1) is 0 Å². The van der Waals surface area contributed by atoms with E-state index in [9.17, 15) is 9.59 Å². The van der Waals surface area contributed by atoms with Gasteiger partial charge in [-0.25, -0.2) is 0 Å². The van der Waals surface area contributed by atoms with E-state index in [2.05, 4.69) is 16.4 Å². The van der Waals surface area contributed by atoms with Crippen molar-refractivity contribution < 1.29 is 14.3 Å². The first-order valence-electron chi connectivity index (χ1n) is 10.7. The number of benzene rings is 2. The van der Waals surface area contributed by atoms with E-state index in [1.807, 2.05) is 66.9 Å². The molecule has 0 aliphatic carbocycles. The third kappa shape index (κ3) is 2.75. The van der Waals surface area contributed by atoms with Crippen molar-refractivity contribution in [2.45, 2.75) is 18.1 Å². The molecular formula is C25H23N3O3. The molecule has 1 spiro atoms. The molecule has 156 valence electrons. The van der Waals surface area contributed by atoms with Crippen molar-refractivity contribution in [2.24, 2.45) is 11.8 Å². The van der Waals surface area contributed by atoms with Gasteiger partial charge < -0.3 is 19.9 Å². The topological polar surface area (TPSA) is 74.4 Å². The molecule has 2 bridgehead atoms. The summed E-state index contributed by atoms with van der Waals surface area (Å²) in [5.41, 5.74) is 2.41. The number of carbonyl (C=O) groups is 2. The lowest BCUT2D eigenvalue weighted by Gasteiger charge is -2.23. The average Bonchev–Trinajstić information content (AvgIpc) is 3.54. The zero-order valence-electron chi connectivity index (χ0n) is 17.0. The van der Waals surface area contributed by atoms with Crippen molar-refractivity contribution in [2.75, 3.05) is 18.0 Å². The van der Waals surface area contributed by atoms with Gasteiger partial charge in [0.25, 0.3) is 0 Å². The van der Waals surface area contributed by atoms with Crippen LogP contribution in [-0.4, -0.2) is 41.6 Å². The molecule has 2 aromatic carbocycles. The number of hydrogen-bond acceptors (Lipinski definition) is 3. The van der Waals surface area contributed by atoms with E-state index >= 15 is 0 Å². The van der Waals surface area contributed by atoms with Gasteiger partial charge in [-0.1, -0.05) is 48.6 Å². The molecule has 4 atom stereocenters. The molecule has 0 unspecified atom stereocenters. The maximum Gasteiger partial charge on any atom is 0.234 e. The van der Waals surface area contributed by atoms with Crippen LogP contribution in [0.1, 0.15) is 5.56 Å². The number of nitrogens with one attached hydrogen (secondary N) is 2. The Labute approximate surface area is 179 Å². The molecule has 6 nitrogen and oxygen atoms in total. The fourth-order valence-corrected chi connectivity index (χ4v) is 5.40. The summed E-state index contributed by atoms with van der Waals surface area (Å²) in [7, 11) is 0. The van der Waals surface area contributed by atoms with Crippen molar-refractivity contribution in [3.8, 4) is 0 Å². The first-order valence-corrected chi connectivity index (χ1v) is 10.7. The molecule has 6 rings (SSSR count). The lowest BCUT2D eigenvalue weighted by molar-refractivity contribution is -0.131. The minimum Gasteiger partial charge on any atom is -0.361 e. The second-order valence-electron chi connectivity index (χ2n) is 8.56. The van der Waals surface area contributed by atoms with E-state index in [-0.39, 0.29) is 17.9 Å². The van der Waals surface area contributed by atoms with Gasteiger partial charge in [0, 0.05) is 29.3 Å². The molecule has 4 heterocycles. The lowest BCUT2D eigenvalue weighted by atomic mass is 9.77. The summed E-state index contributed by atoms with van der Waals surface area (Å²) in [6.45, 7) is 0.969. The van der Waals surface area contributed by atoms with Gasteiger partial charge in [-0.05, 0) is 30.2 Å². The average molecular weight is 413 g/mol. The Morgan fingerprint density at radius 1 is 1.16 bits per heavy atom. The van der Waals surface area contributed by atoms with E-state index < -0.39 is 17.4 Å². The smallest absolute Gasteiger partial charge is 0.234 e. The van der Waals surface area contributed by atoms with E-state index in [0.717, 1.165) is 17.6 Å². The number of fused-ring (bicyclic) bond motifs is 2. The number of nitrogens with zero attached hydrogens (tertiary/aromatic N) is 1. The monoisotopic (exact) mass is 413 g/mol. The van der Waals surface area contributed by atoms with Crippen LogP contribution in [0.2, 0.25) is 0 Å². The molecule has 3 aliphatic heterocycles. The molecule has 2 saturated heterocycles. The van der Waals surface area contributed by atoms with Crippen molar-refractivity contribution in [3.05, 3.63) is 78.5 Å². The zero-order valence-corrected chi connectivity index (χ0v) is 17.0. The van der Waals surface area contributed by atoms with Gasteiger partial charge in [-0.2, -0.15) is 0 Å². The number of H-pyrrole nitrogens is 1. The van der Waals surface area contributed by atoms with Gasteiger partial charge >= 0.3 is 0 Å². The fourth-order valence-electron chi connectivity index (χ4n) is 5.40. The standard InChI is InChI=1S/C25H23N3O3/c29-23(26-13-11-16-14-27-19-9-5-4-8-18(16)19)21-20-10-12-25(31-20)15-28(24(30)22(21)25)17-6-2-1-3-7-17/h1-10,12,14,20-22,27H,11,13,15H2,(H,26,29)/t20-,21-,22-,25+/m1/s1. The van der Waals surface area contributed by atoms with E-state index in [1.54, 1.807) is 4.90 Å². The van der Waals surface area contributed by atoms with Crippen LogP contribution in [0.5, 0.6) is 0 Å². The van der Waals surface area contributed by atoms with Gasteiger partial charge in [0.2, 0.25) is 11.8 Å². The highest BCUT2D eigenvalue weighted by Gasteiger charge is 2.66. The first kappa shape index (κ1) is 18.4. The summed E-state index contributed by atoms with van der Waals surface area (Å²) in [5.74, 6) is -1.11. The number of aromatic amines is 1. The quantitative estimate of drug-likeness (QED) is 0.632. The maximum absolute atomic E-state index is 13.3. The van der Waals surface area contributed by atoms with E-state index in [0.29, 0.717) is 13.1 Å². The van der Waals surface area contributed by atoms with E-state index in [1.165, 1.54) is 10.9 Å². The number of hydrogen-bond donors (Lipinski definition) is 2. The molecule has 3 aromatic rings. The predicted octanol–water partition coefficient (Wildman–Crippen LogP) is 2.81. The largest absolute Gasteiger partial charge is 0.361 e. The van der Waals surface area contributed by atoms with Crippen molar-refractivity contribution >= 4 is 28.4 Å². The van der Waals surface area contributed by atoms with Crippen LogP contribution >= 0.6 is 0 Å². The Morgan fingerprint density at radius 3 is 2.84 bits per heavy atom. The Balaban J connectivity index is 1.18. The third-order valence-electron chi connectivity index (χ3n) is 6.84. The Morgan fingerprint density at radius 2 is 1.97 bits per heavy atom. The highest BCUT2D eigenvalue weighted by Crippen LogP contribution is 2.52. The summed E-state index contributed by atoms with van der Waals surface area (Å²) in [6.07, 6.45) is 6.32. The summed E-state index contributed by atoms with van der Waals surface area (Å²) >= 11 is 0. The first-order chi connectivity index (χ1) is 15.2. The number of rotatable bonds is 5. The van der Waals surface area contributed by atoms with E-state index in [4.69, 9.17) is 4.74 Å². The molecule has 31 heavy (non-hydrogen) atoms. The summed E-state index contributed by atoms with van der Waals surface area (Å²) in [4.78, 5) is 31.5. The van der Waals surface area contributed by atoms with Crippen LogP contribution < -0.4 is 10.2 Å². The number of anilines is 1. The minimum atomic E-state index is -0.698. The highest BCUT2D eigenvalue weighted by atomic mass is 16.5. The predicted molar refractivity (Wildman–Crippen MR) is 118 cm³/mol. The fraction of sp³-hybridized carbons (Fsp3) is 0.280. The maximum atomic E-state index is 13.3. The molecule has 2 fully saturated rings. The molecule has 2 N–H and O–H groups in total. The van der Waals surface area contributed by atoms with Crippen molar-refractivity contribution in [3.63, 3.8) is 0 Å². The number of para-hydroxylation sites is 2. The van der Waals surface area contributed by atoms with Gasteiger partial charge in [0.05, 0.1) is 24.5 Å². The van der Waals surface area contributed by atoms with Gasteiger partial charge in [0.15, 0.2) is 0 Å². The normalized spacial score (nSPS) is 28.5. The van der Waals surface area contributed by atoms with Crippen molar-refractivity contribution in [1.82, 2.24) is 10.3 Å². The Kier molecular flexibility index (Phi) is 4.05. The highest BCUT2D eigenvalue weighted by molar-refractivity contribution is 6.03. The van der Waals surface area contributed by atoms with Crippen LogP contribution in [0.25, 0.3) is 10.9 Å². The summed E-state index contributed by atoms with van der Waals surface area (Å²) in [6, 6.07) is 17.7. The third-order valence-corrected chi connectivity index (χ3v) is 6.84. The lowest BCUT2D eigenvalue weighted by Crippen LogP contribution is -2.44. The molecule has 0 radical (unpaired) electrons. The van der Waals surface area contributed by atoms with Crippen LogP contribution in [0, 0.1) is 11.8 Å². The molecule has 0 saturated carbocycles. The minimum absolute atomic E-state index is 0.0326. The van der Waals surface area contributed by atoms with Crippen molar-refractivity contribution in [1.29, 1.82) is 0 Å².